The van der Waals surface area contributed by atoms with E-state index in [0.717, 1.165) is 16.7 Å². The summed E-state index contributed by atoms with van der Waals surface area (Å²) in [6.45, 7) is 0.0103. The van der Waals surface area contributed by atoms with Crippen molar-refractivity contribution in [2.24, 2.45) is 0 Å². The van der Waals surface area contributed by atoms with Crippen LogP contribution in [0, 0.1) is 0 Å². The quantitative estimate of drug-likeness (QED) is 0.714. The molecule has 124 valence electrons. The summed E-state index contributed by atoms with van der Waals surface area (Å²) in [6, 6.07) is 17.3. The van der Waals surface area contributed by atoms with Crippen molar-refractivity contribution in [1.29, 1.82) is 0 Å². The summed E-state index contributed by atoms with van der Waals surface area (Å²) in [7, 11) is -1.11. The number of aliphatic hydroxyl groups is 1. The van der Waals surface area contributed by atoms with Gasteiger partial charge in [0.2, 0.25) is 5.89 Å². The van der Waals surface area contributed by atoms with Gasteiger partial charge in [0, 0.05) is 16.6 Å². The number of benzene rings is 2. The van der Waals surface area contributed by atoms with Gasteiger partial charge in [0.1, 0.15) is 0 Å². The Morgan fingerprint density at radius 2 is 1.62 bits per heavy atom. The lowest BCUT2D eigenvalue weighted by molar-refractivity contribution is 0.282. The molecule has 1 unspecified atom stereocenters. The van der Waals surface area contributed by atoms with Gasteiger partial charge in [0.15, 0.2) is 5.82 Å². The normalized spacial score (nSPS) is 12.2. The first kappa shape index (κ1) is 16.5. The summed E-state index contributed by atoms with van der Waals surface area (Å²) in [5, 5.41) is 12.9. The highest BCUT2D eigenvalue weighted by molar-refractivity contribution is 7.83. The molecule has 0 spiro atoms. The first-order valence-corrected chi connectivity index (χ1v) is 9.11. The van der Waals surface area contributed by atoms with Gasteiger partial charge < -0.3 is 9.63 Å². The van der Waals surface area contributed by atoms with Gasteiger partial charge in [-0.1, -0.05) is 59.8 Å². The predicted molar refractivity (Wildman–Crippen MR) is 91.5 cm³/mol. The van der Waals surface area contributed by atoms with E-state index in [1.54, 1.807) is 0 Å². The molecule has 0 radical (unpaired) electrons. The van der Waals surface area contributed by atoms with Gasteiger partial charge >= 0.3 is 0 Å². The summed E-state index contributed by atoms with van der Waals surface area (Å²) in [5.74, 6) is 1.68. The van der Waals surface area contributed by atoms with Crippen LogP contribution in [0.15, 0.2) is 59.1 Å². The van der Waals surface area contributed by atoms with Gasteiger partial charge in [-0.15, -0.1) is 0 Å². The minimum absolute atomic E-state index is 0.0103. The Kier molecular flexibility index (Phi) is 5.51. The van der Waals surface area contributed by atoms with Gasteiger partial charge in [-0.3, -0.25) is 4.21 Å². The number of rotatable bonds is 7. The van der Waals surface area contributed by atoms with Crippen molar-refractivity contribution in [3.8, 4) is 0 Å². The van der Waals surface area contributed by atoms with E-state index < -0.39 is 10.8 Å². The molecule has 2 aromatic carbocycles. The lowest BCUT2D eigenvalue weighted by Crippen LogP contribution is -2.01. The van der Waals surface area contributed by atoms with E-state index in [-0.39, 0.29) is 12.4 Å². The lowest BCUT2D eigenvalue weighted by Gasteiger charge is -2.01. The van der Waals surface area contributed by atoms with E-state index in [9.17, 15) is 4.21 Å². The van der Waals surface area contributed by atoms with E-state index in [0.29, 0.717) is 23.9 Å². The zero-order valence-electron chi connectivity index (χ0n) is 13.1. The zero-order chi connectivity index (χ0) is 16.8. The second-order valence-electron chi connectivity index (χ2n) is 5.47. The predicted octanol–water partition coefficient (Wildman–Crippen LogP) is 2.60. The Hall–Kier alpha value is -2.31. The van der Waals surface area contributed by atoms with Gasteiger partial charge in [-0.05, 0) is 16.7 Å². The molecule has 6 heteroatoms. The van der Waals surface area contributed by atoms with Gasteiger partial charge in [-0.2, -0.15) is 4.98 Å². The van der Waals surface area contributed by atoms with Crippen LogP contribution in [0.2, 0.25) is 0 Å². The standard InChI is InChI=1S/C18H18N2O3S/c21-11-15-6-8-16(9-7-15)12-24(22)13-17-19-18(23-20-17)10-14-4-2-1-3-5-14/h1-9,21H,10-13H2. The monoisotopic (exact) mass is 342 g/mol. The zero-order valence-corrected chi connectivity index (χ0v) is 13.9. The maximum Gasteiger partial charge on any atom is 0.231 e. The number of aromatic nitrogens is 2. The topological polar surface area (TPSA) is 76.2 Å². The molecule has 0 saturated carbocycles. The molecule has 0 amide bonds. The Balaban J connectivity index is 1.56. The highest BCUT2D eigenvalue weighted by Gasteiger charge is 2.11. The largest absolute Gasteiger partial charge is 0.392 e. The van der Waals surface area contributed by atoms with Crippen LogP contribution in [0.3, 0.4) is 0 Å². The maximum absolute atomic E-state index is 12.2. The van der Waals surface area contributed by atoms with E-state index >= 15 is 0 Å². The highest BCUT2D eigenvalue weighted by Crippen LogP contribution is 2.11. The average molecular weight is 342 g/mol. The second kappa shape index (κ2) is 7.99. The molecule has 1 N–H and O–H groups in total. The van der Waals surface area contributed by atoms with Crippen LogP contribution in [-0.2, 0) is 35.3 Å². The van der Waals surface area contributed by atoms with Crippen molar-refractivity contribution < 1.29 is 13.8 Å². The molecule has 1 atom stereocenters. The summed E-state index contributed by atoms with van der Waals surface area (Å²) in [6.07, 6.45) is 0.573. The van der Waals surface area contributed by atoms with E-state index in [1.807, 2.05) is 54.6 Å². The number of hydrogen-bond donors (Lipinski definition) is 1. The highest BCUT2D eigenvalue weighted by atomic mass is 32.2. The fourth-order valence-electron chi connectivity index (χ4n) is 2.31. The summed E-state index contributed by atoms with van der Waals surface area (Å²) in [4.78, 5) is 4.31. The van der Waals surface area contributed by atoms with Crippen molar-refractivity contribution in [3.05, 3.63) is 83.0 Å². The molecular formula is C18H18N2O3S. The van der Waals surface area contributed by atoms with Crippen LogP contribution < -0.4 is 0 Å². The molecule has 24 heavy (non-hydrogen) atoms. The van der Waals surface area contributed by atoms with Crippen LogP contribution >= 0.6 is 0 Å². The van der Waals surface area contributed by atoms with Crippen LogP contribution in [0.4, 0.5) is 0 Å². The lowest BCUT2D eigenvalue weighted by atomic mass is 10.1. The third kappa shape index (κ3) is 4.59. The van der Waals surface area contributed by atoms with Crippen molar-refractivity contribution >= 4 is 10.8 Å². The Labute approximate surface area is 142 Å². The molecule has 1 aromatic heterocycles. The molecule has 3 aromatic rings. The Bertz CT molecular complexity index is 801. The van der Waals surface area contributed by atoms with Crippen molar-refractivity contribution in [3.63, 3.8) is 0 Å². The number of nitrogens with zero attached hydrogens (tertiary/aromatic N) is 2. The van der Waals surface area contributed by atoms with Crippen LogP contribution in [0.1, 0.15) is 28.4 Å². The van der Waals surface area contributed by atoms with Gasteiger partial charge in [0.05, 0.1) is 18.8 Å². The smallest absolute Gasteiger partial charge is 0.231 e. The maximum atomic E-state index is 12.2. The summed E-state index contributed by atoms with van der Waals surface area (Å²) in [5.41, 5.74) is 2.89. The average Bonchev–Trinajstić information content (AvgIpc) is 3.03. The van der Waals surface area contributed by atoms with Crippen molar-refractivity contribution in [2.45, 2.75) is 24.5 Å². The molecule has 0 bridgehead atoms. The molecule has 0 aliphatic rings. The molecule has 5 nitrogen and oxygen atoms in total. The SMILES string of the molecule is O=S(Cc1ccc(CO)cc1)Cc1noc(Cc2ccccc2)n1. The fraction of sp³-hybridized carbons (Fsp3) is 0.222. The second-order valence-corrected chi connectivity index (χ2v) is 6.93. The van der Waals surface area contributed by atoms with Crippen LogP contribution in [-0.4, -0.2) is 19.5 Å². The fourth-order valence-corrected chi connectivity index (χ4v) is 3.38. The first-order valence-electron chi connectivity index (χ1n) is 7.62. The Morgan fingerprint density at radius 1 is 0.917 bits per heavy atom. The molecule has 0 saturated heterocycles. The molecule has 1 heterocycles. The number of hydrogen-bond acceptors (Lipinski definition) is 5. The van der Waals surface area contributed by atoms with Crippen LogP contribution in [0.25, 0.3) is 0 Å². The van der Waals surface area contributed by atoms with E-state index in [4.69, 9.17) is 9.63 Å². The van der Waals surface area contributed by atoms with E-state index in [1.165, 1.54) is 0 Å². The van der Waals surface area contributed by atoms with Gasteiger partial charge in [-0.25, -0.2) is 0 Å². The third-order valence-electron chi connectivity index (χ3n) is 3.53. The van der Waals surface area contributed by atoms with Crippen molar-refractivity contribution in [1.82, 2.24) is 10.1 Å². The molecule has 0 aliphatic carbocycles. The minimum Gasteiger partial charge on any atom is -0.392 e. The molecule has 0 fully saturated rings. The van der Waals surface area contributed by atoms with E-state index in [2.05, 4.69) is 10.1 Å². The summed E-state index contributed by atoms with van der Waals surface area (Å²) >= 11 is 0. The summed E-state index contributed by atoms with van der Waals surface area (Å²) < 4.78 is 17.5. The molecular weight excluding hydrogens is 324 g/mol. The first-order chi connectivity index (χ1) is 11.7. The number of aliphatic hydroxyl groups excluding tert-OH is 1. The van der Waals surface area contributed by atoms with Gasteiger partial charge in [0.25, 0.3) is 0 Å². The minimum atomic E-state index is -1.11. The molecule has 0 aliphatic heterocycles. The van der Waals surface area contributed by atoms with Crippen molar-refractivity contribution in [2.75, 3.05) is 0 Å². The van der Waals surface area contributed by atoms with Crippen LogP contribution in [0.5, 0.6) is 0 Å². The Morgan fingerprint density at radius 3 is 2.33 bits per heavy atom. The third-order valence-corrected chi connectivity index (χ3v) is 4.77. The molecule has 3 rings (SSSR count).